The van der Waals surface area contributed by atoms with Gasteiger partial charge >= 0.3 is 0 Å². The summed E-state index contributed by atoms with van der Waals surface area (Å²) >= 11 is 0. The highest BCUT2D eigenvalue weighted by atomic mass is 32.2. The fourth-order valence-electron chi connectivity index (χ4n) is 5.05. The lowest BCUT2D eigenvalue weighted by Gasteiger charge is -2.29. The summed E-state index contributed by atoms with van der Waals surface area (Å²) in [6, 6.07) is 6.52. The first-order valence-corrected chi connectivity index (χ1v) is 15.1. The maximum absolute atomic E-state index is 13.8. The zero-order valence-corrected chi connectivity index (χ0v) is 23.1. The first-order valence-electron chi connectivity index (χ1n) is 13.5. The zero-order chi connectivity index (χ0) is 27.3. The van der Waals surface area contributed by atoms with Crippen LogP contribution in [0.2, 0.25) is 0 Å². The van der Waals surface area contributed by atoms with Crippen molar-refractivity contribution in [3.8, 4) is 11.4 Å². The van der Waals surface area contributed by atoms with Crippen LogP contribution in [-0.2, 0) is 9.84 Å². The second kappa shape index (κ2) is 9.78. The van der Waals surface area contributed by atoms with E-state index in [0.717, 1.165) is 54.6 Å². The van der Waals surface area contributed by atoms with Crippen LogP contribution in [0.4, 0.5) is 5.82 Å². The Morgan fingerprint density at radius 2 is 1.79 bits per heavy atom. The Hall–Kier alpha value is -3.73. The van der Waals surface area contributed by atoms with Crippen molar-refractivity contribution in [3.05, 3.63) is 64.1 Å². The van der Waals surface area contributed by atoms with Crippen molar-refractivity contribution in [1.29, 1.82) is 0 Å². The van der Waals surface area contributed by atoms with Gasteiger partial charge < -0.3 is 5.32 Å². The molecule has 0 spiro atoms. The number of anilines is 1. The third-order valence-corrected chi connectivity index (χ3v) is 9.55. The minimum Gasteiger partial charge on any atom is -0.359 e. The highest BCUT2D eigenvalue weighted by Crippen LogP contribution is 2.43. The quantitative estimate of drug-likeness (QED) is 0.339. The molecule has 1 aromatic carbocycles. The molecule has 0 saturated heterocycles. The molecule has 2 aliphatic carbocycles. The summed E-state index contributed by atoms with van der Waals surface area (Å²) in [4.78, 5) is 37.2. The van der Waals surface area contributed by atoms with E-state index in [4.69, 9.17) is 4.98 Å². The lowest BCUT2D eigenvalue weighted by atomic mass is 9.93. The summed E-state index contributed by atoms with van der Waals surface area (Å²) in [6.45, 7) is 5.48. The van der Waals surface area contributed by atoms with Gasteiger partial charge in [-0.15, -0.1) is 0 Å². The van der Waals surface area contributed by atoms with Crippen molar-refractivity contribution >= 4 is 26.8 Å². The molecule has 0 aliphatic heterocycles. The van der Waals surface area contributed by atoms with Crippen LogP contribution in [0, 0.1) is 6.92 Å². The summed E-state index contributed by atoms with van der Waals surface area (Å²) in [6.07, 6.45) is 8.32. The molecule has 4 aromatic rings. The number of aromatic nitrogens is 6. The van der Waals surface area contributed by atoms with Crippen molar-refractivity contribution in [1.82, 2.24) is 29.5 Å². The molecule has 2 aliphatic rings. The molecule has 0 amide bonds. The lowest BCUT2D eigenvalue weighted by Crippen LogP contribution is -2.33. The second-order valence-corrected chi connectivity index (χ2v) is 12.7. The van der Waals surface area contributed by atoms with Gasteiger partial charge in [-0.3, -0.25) is 9.36 Å². The largest absolute Gasteiger partial charge is 0.359 e. The van der Waals surface area contributed by atoms with E-state index in [1.165, 1.54) is 0 Å². The summed E-state index contributed by atoms with van der Waals surface area (Å²) < 4.78 is 26.1. The number of sulfone groups is 1. The lowest BCUT2D eigenvalue weighted by molar-refractivity contribution is 0.313. The predicted molar refractivity (Wildman–Crippen MR) is 148 cm³/mol. The Bertz CT molecular complexity index is 1730. The van der Waals surface area contributed by atoms with Gasteiger partial charge in [-0.25, -0.2) is 33.3 Å². The van der Waals surface area contributed by atoms with E-state index in [1.807, 2.05) is 13.8 Å². The topological polar surface area (TPSA) is 133 Å². The molecule has 10 nitrogen and oxygen atoms in total. The van der Waals surface area contributed by atoms with Gasteiger partial charge in [-0.2, -0.15) is 0 Å². The third kappa shape index (κ3) is 4.69. The minimum atomic E-state index is -3.28. The molecular weight excluding hydrogens is 514 g/mol. The molecule has 1 unspecified atom stereocenters. The van der Waals surface area contributed by atoms with Crippen LogP contribution in [0.5, 0.6) is 0 Å². The van der Waals surface area contributed by atoms with Crippen LogP contribution in [-0.4, -0.2) is 43.7 Å². The summed E-state index contributed by atoms with van der Waals surface area (Å²) in [5.74, 6) is 1.19. The molecule has 3 heterocycles. The molecule has 2 fully saturated rings. The fourth-order valence-corrected chi connectivity index (χ4v) is 5.94. The van der Waals surface area contributed by atoms with Crippen molar-refractivity contribution in [2.45, 2.75) is 75.8 Å². The van der Waals surface area contributed by atoms with Gasteiger partial charge in [-0.05, 0) is 63.6 Å². The molecule has 1 atom stereocenters. The van der Waals surface area contributed by atoms with Crippen LogP contribution < -0.4 is 10.9 Å². The van der Waals surface area contributed by atoms with Crippen LogP contribution in [0.3, 0.4) is 0 Å². The molecule has 0 radical (unpaired) electrons. The first-order chi connectivity index (χ1) is 18.8. The Kier molecular flexibility index (Phi) is 6.41. The normalized spacial score (nSPS) is 16.7. The number of fused-ring (bicyclic) bond motifs is 1. The highest BCUT2D eigenvalue weighted by molar-refractivity contribution is 7.91. The maximum atomic E-state index is 13.8. The molecule has 0 bridgehead atoms. The Morgan fingerprint density at radius 1 is 1.05 bits per heavy atom. The summed E-state index contributed by atoms with van der Waals surface area (Å²) in [7, 11) is -3.28. The van der Waals surface area contributed by atoms with Crippen molar-refractivity contribution in [3.63, 3.8) is 0 Å². The zero-order valence-electron chi connectivity index (χ0n) is 22.3. The molecule has 3 aromatic heterocycles. The van der Waals surface area contributed by atoms with E-state index in [1.54, 1.807) is 48.3 Å². The highest BCUT2D eigenvalue weighted by Gasteiger charge is 2.31. The average Bonchev–Trinajstić information content (AvgIpc) is 3.75. The van der Waals surface area contributed by atoms with Crippen molar-refractivity contribution in [2.24, 2.45) is 0 Å². The number of aryl methyl sites for hydroxylation is 1. The monoisotopic (exact) mass is 545 g/mol. The van der Waals surface area contributed by atoms with Crippen LogP contribution in [0.25, 0.3) is 22.6 Å². The average molecular weight is 546 g/mol. The summed E-state index contributed by atoms with van der Waals surface area (Å²) in [5, 5.41) is 3.25. The molecule has 202 valence electrons. The SMILES string of the molecule is CCS(=O)(=O)c1ccc(C(C)Nc2nc3cnc(-c4c(C)ncnc4C4CC4)nc3n(C3CCC3)c2=O)cc1. The van der Waals surface area contributed by atoms with Gasteiger partial charge in [0.05, 0.1) is 39.8 Å². The Labute approximate surface area is 226 Å². The predicted octanol–water partition coefficient (Wildman–Crippen LogP) is 4.52. The van der Waals surface area contributed by atoms with E-state index in [0.29, 0.717) is 22.9 Å². The first kappa shape index (κ1) is 25.5. The third-order valence-electron chi connectivity index (χ3n) is 7.80. The fraction of sp³-hybridized carbons (Fsp3) is 0.429. The molecule has 2 saturated carbocycles. The van der Waals surface area contributed by atoms with E-state index < -0.39 is 9.84 Å². The molecule has 11 heteroatoms. The van der Waals surface area contributed by atoms with Crippen LogP contribution in [0.15, 0.2) is 46.5 Å². The number of benzene rings is 1. The van der Waals surface area contributed by atoms with Gasteiger partial charge in [0, 0.05) is 12.0 Å². The Balaban J connectivity index is 1.39. The summed E-state index contributed by atoms with van der Waals surface area (Å²) in [5.41, 5.74) is 4.31. The smallest absolute Gasteiger partial charge is 0.295 e. The van der Waals surface area contributed by atoms with Gasteiger partial charge in [-0.1, -0.05) is 19.1 Å². The van der Waals surface area contributed by atoms with Crippen LogP contribution in [0.1, 0.15) is 80.9 Å². The van der Waals surface area contributed by atoms with Crippen molar-refractivity contribution in [2.75, 3.05) is 11.1 Å². The number of nitrogens with zero attached hydrogens (tertiary/aromatic N) is 6. The molecule has 1 N–H and O–H groups in total. The standard InChI is InChI=1S/C28H31N7O3S/c1-4-39(37,38)21-12-10-18(11-13-21)16(2)32-26-28(36)35(20-6-5-7-20)27-22(33-26)14-29-25(34-27)23-17(3)30-15-31-24(23)19-8-9-19/h10-16,19-20H,4-9H2,1-3H3,(H,32,33). The number of hydrogen-bond donors (Lipinski definition) is 1. The Morgan fingerprint density at radius 3 is 2.44 bits per heavy atom. The van der Waals surface area contributed by atoms with E-state index in [2.05, 4.69) is 25.3 Å². The van der Waals surface area contributed by atoms with Crippen molar-refractivity contribution < 1.29 is 8.42 Å². The van der Waals surface area contributed by atoms with Crippen LogP contribution >= 0.6 is 0 Å². The number of rotatable bonds is 8. The van der Waals surface area contributed by atoms with E-state index in [9.17, 15) is 13.2 Å². The van der Waals surface area contributed by atoms with E-state index >= 15 is 0 Å². The molecule has 6 rings (SSSR count). The molecular formula is C28H31N7O3S. The minimum absolute atomic E-state index is 0.0460. The maximum Gasteiger partial charge on any atom is 0.295 e. The van der Waals surface area contributed by atoms with Gasteiger partial charge in [0.1, 0.15) is 11.8 Å². The number of nitrogens with one attached hydrogen (secondary N) is 1. The van der Waals surface area contributed by atoms with Gasteiger partial charge in [0.25, 0.3) is 5.56 Å². The van der Waals surface area contributed by atoms with Gasteiger partial charge in [0.15, 0.2) is 27.1 Å². The van der Waals surface area contributed by atoms with E-state index in [-0.39, 0.29) is 34.1 Å². The molecule has 39 heavy (non-hydrogen) atoms. The van der Waals surface area contributed by atoms with Gasteiger partial charge in [0.2, 0.25) is 0 Å². The number of hydrogen-bond acceptors (Lipinski definition) is 9. The second-order valence-electron chi connectivity index (χ2n) is 10.5.